The van der Waals surface area contributed by atoms with Crippen LogP contribution in [-0.2, 0) is 0 Å². The summed E-state index contributed by atoms with van der Waals surface area (Å²) in [5.74, 6) is 0. The van der Waals surface area contributed by atoms with Crippen molar-refractivity contribution in [1.29, 1.82) is 0 Å². The standard InChI is InChI=1S/C5H10S/c1-5(6)3-2-4-5/h6H,2-4H2,1H3. The van der Waals surface area contributed by atoms with Crippen LogP contribution >= 0.6 is 12.6 Å². The SMILES string of the molecule is CC1(S)CCC1. The van der Waals surface area contributed by atoms with Gasteiger partial charge in [0.05, 0.1) is 0 Å². The van der Waals surface area contributed by atoms with Crippen molar-refractivity contribution in [2.75, 3.05) is 0 Å². The van der Waals surface area contributed by atoms with Crippen LogP contribution in [0.2, 0.25) is 0 Å². The van der Waals surface area contributed by atoms with Gasteiger partial charge in [-0.2, -0.15) is 12.6 Å². The molecule has 0 unspecified atom stereocenters. The molecule has 1 heteroatoms. The van der Waals surface area contributed by atoms with Crippen LogP contribution in [0.15, 0.2) is 0 Å². The fourth-order valence-corrected chi connectivity index (χ4v) is 1.00. The van der Waals surface area contributed by atoms with Crippen LogP contribution in [0.3, 0.4) is 0 Å². The first-order valence-corrected chi connectivity index (χ1v) is 2.88. The Morgan fingerprint density at radius 2 is 1.83 bits per heavy atom. The Labute approximate surface area is 44.3 Å². The van der Waals surface area contributed by atoms with E-state index in [1.165, 1.54) is 19.3 Å². The molecule has 36 valence electrons. The van der Waals surface area contributed by atoms with E-state index in [0.717, 1.165) is 0 Å². The molecule has 0 N–H and O–H groups in total. The van der Waals surface area contributed by atoms with Gasteiger partial charge in [0, 0.05) is 4.75 Å². The quantitative estimate of drug-likeness (QED) is 0.443. The van der Waals surface area contributed by atoms with E-state index in [9.17, 15) is 0 Å². The van der Waals surface area contributed by atoms with Gasteiger partial charge in [-0.15, -0.1) is 0 Å². The first-order valence-electron chi connectivity index (χ1n) is 2.43. The summed E-state index contributed by atoms with van der Waals surface area (Å²) in [5.41, 5.74) is 0. The number of thiol groups is 1. The predicted octanol–water partition coefficient (Wildman–Crippen LogP) is 1.86. The van der Waals surface area contributed by atoms with Crippen LogP contribution in [0.5, 0.6) is 0 Å². The lowest BCUT2D eigenvalue weighted by atomic mass is 9.86. The highest BCUT2D eigenvalue weighted by Gasteiger charge is 2.26. The lowest BCUT2D eigenvalue weighted by Crippen LogP contribution is -2.25. The van der Waals surface area contributed by atoms with E-state index >= 15 is 0 Å². The summed E-state index contributed by atoms with van der Waals surface area (Å²) < 4.78 is 0.417. The Hall–Kier alpha value is 0.350. The second-order valence-corrected chi connectivity index (χ2v) is 3.43. The molecule has 0 nitrogen and oxygen atoms in total. The smallest absolute Gasteiger partial charge is 0.0101 e. The maximum atomic E-state index is 4.34. The fraction of sp³-hybridized carbons (Fsp3) is 1.00. The third kappa shape index (κ3) is 0.700. The summed E-state index contributed by atoms with van der Waals surface area (Å²) in [5, 5.41) is 0. The lowest BCUT2D eigenvalue weighted by Gasteiger charge is -2.32. The third-order valence-electron chi connectivity index (χ3n) is 1.43. The van der Waals surface area contributed by atoms with Gasteiger partial charge in [0.1, 0.15) is 0 Å². The Morgan fingerprint density at radius 3 is 1.83 bits per heavy atom. The number of rotatable bonds is 0. The minimum absolute atomic E-state index is 0.417. The van der Waals surface area contributed by atoms with E-state index < -0.39 is 0 Å². The molecule has 0 amide bonds. The molecular formula is C5H10S. The minimum Gasteiger partial charge on any atom is -0.173 e. The summed E-state index contributed by atoms with van der Waals surface area (Å²) in [6.07, 6.45) is 4.02. The monoisotopic (exact) mass is 102 g/mol. The van der Waals surface area contributed by atoms with Crippen LogP contribution < -0.4 is 0 Å². The summed E-state index contributed by atoms with van der Waals surface area (Å²) >= 11 is 4.34. The molecule has 0 radical (unpaired) electrons. The van der Waals surface area contributed by atoms with Gasteiger partial charge in [-0.1, -0.05) is 13.3 Å². The highest BCUT2D eigenvalue weighted by molar-refractivity contribution is 7.81. The lowest BCUT2D eigenvalue weighted by molar-refractivity contribution is 0.396. The molecule has 6 heavy (non-hydrogen) atoms. The molecule has 1 rings (SSSR count). The van der Waals surface area contributed by atoms with Crippen LogP contribution in [0.4, 0.5) is 0 Å². The summed E-state index contributed by atoms with van der Waals surface area (Å²) in [7, 11) is 0. The van der Waals surface area contributed by atoms with Gasteiger partial charge >= 0.3 is 0 Å². The normalized spacial score (nSPS) is 29.0. The summed E-state index contributed by atoms with van der Waals surface area (Å²) in [4.78, 5) is 0. The van der Waals surface area contributed by atoms with Crippen molar-refractivity contribution in [3.63, 3.8) is 0 Å². The first-order chi connectivity index (χ1) is 2.71. The van der Waals surface area contributed by atoms with Crippen LogP contribution in [-0.4, -0.2) is 4.75 Å². The molecule has 0 aromatic carbocycles. The third-order valence-corrected chi connectivity index (χ3v) is 1.88. The van der Waals surface area contributed by atoms with Gasteiger partial charge in [0.2, 0.25) is 0 Å². The van der Waals surface area contributed by atoms with Crippen molar-refractivity contribution < 1.29 is 0 Å². The van der Waals surface area contributed by atoms with Crippen molar-refractivity contribution in [2.24, 2.45) is 0 Å². The second-order valence-electron chi connectivity index (χ2n) is 2.35. The molecule has 0 bridgehead atoms. The van der Waals surface area contributed by atoms with Crippen LogP contribution in [0, 0.1) is 0 Å². The zero-order chi connectivity index (χ0) is 4.62. The van der Waals surface area contributed by atoms with Crippen molar-refractivity contribution in [3.05, 3.63) is 0 Å². The molecule has 1 aliphatic carbocycles. The van der Waals surface area contributed by atoms with Gasteiger partial charge in [0.25, 0.3) is 0 Å². The van der Waals surface area contributed by atoms with Gasteiger partial charge in [-0.25, -0.2) is 0 Å². The maximum absolute atomic E-state index is 4.34. The van der Waals surface area contributed by atoms with Crippen molar-refractivity contribution in [2.45, 2.75) is 30.9 Å². The van der Waals surface area contributed by atoms with E-state index in [2.05, 4.69) is 19.6 Å². The topological polar surface area (TPSA) is 0 Å². The van der Waals surface area contributed by atoms with E-state index in [-0.39, 0.29) is 0 Å². The van der Waals surface area contributed by atoms with E-state index in [4.69, 9.17) is 0 Å². The van der Waals surface area contributed by atoms with E-state index in [0.29, 0.717) is 4.75 Å². The van der Waals surface area contributed by atoms with Crippen molar-refractivity contribution in [3.8, 4) is 0 Å². The van der Waals surface area contributed by atoms with Crippen molar-refractivity contribution in [1.82, 2.24) is 0 Å². The molecule has 0 aromatic rings. The predicted molar refractivity (Wildman–Crippen MR) is 31.2 cm³/mol. The molecule has 1 fully saturated rings. The molecule has 0 heterocycles. The minimum atomic E-state index is 0.417. The Bertz CT molecular complexity index is 51.0. The van der Waals surface area contributed by atoms with Gasteiger partial charge in [-0.05, 0) is 12.8 Å². The van der Waals surface area contributed by atoms with Crippen LogP contribution in [0.1, 0.15) is 26.2 Å². The second kappa shape index (κ2) is 1.16. The van der Waals surface area contributed by atoms with Gasteiger partial charge < -0.3 is 0 Å². The average Bonchev–Trinajstić information content (AvgIpc) is 1.32. The molecular weight excluding hydrogens is 92.1 g/mol. The Balaban J connectivity index is 2.31. The Kier molecular flexibility index (Phi) is 0.870. The van der Waals surface area contributed by atoms with E-state index in [1.807, 2.05) is 0 Å². The fourth-order valence-electron chi connectivity index (χ4n) is 0.688. The number of hydrogen-bond donors (Lipinski definition) is 1. The molecule has 0 spiro atoms. The first kappa shape index (κ1) is 4.51. The summed E-state index contributed by atoms with van der Waals surface area (Å²) in [6.45, 7) is 2.19. The molecule has 0 saturated heterocycles. The molecule has 0 atom stereocenters. The molecule has 1 aliphatic rings. The highest BCUT2D eigenvalue weighted by Crippen LogP contribution is 2.36. The largest absolute Gasteiger partial charge is 0.173 e. The van der Waals surface area contributed by atoms with E-state index in [1.54, 1.807) is 0 Å². The Morgan fingerprint density at radius 1 is 1.50 bits per heavy atom. The average molecular weight is 102 g/mol. The van der Waals surface area contributed by atoms with Gasteiger partial charge in [-0.3, -0.25) is 0 Å². The molecule has 1 saturated carbocycles. The zero-order valence-electron chi connectivity index (χ0n) is 4.07. The molecule has 0 aliphatic heterocycles. The number of hydrogen-bond acceptors (Lipinski definition) is 1. The van der Waals surface area contributed by atoms with Crippen molar-refractivity contribution >= 4 is 12.6 Å². The maximum Gasteiger partial charge on any atom is 0.0101 e. The molecule has 0 aromatic heterocycles. The zero-order valence-corrected chi connectivity index (χ0v) is 4.96. The highest BCUT2D eigenvalue weighted by atomic mass is 32.1. The summed E-state index contributed by atoms with van der Waals surface area (Å²) in [6, 6.07) is 0. The van der Waals surface area contributed by atoms with Gasteiger partial charge in [0.15, 0.2) is 0 Å². The van der Waals surface area contributed by atoms with Crippen LogP contribution in [0.25, 0.3) is 0 Å².